The van der Waals surface area contributed by atoms with Gasteiger partial charge in [-0.3, -0.25) is 0 Å². The second-order valence-corrected chi connectivity index (χ2v) is 17.3. The van der Waals surface area contributed by atoms with Gasteiger partial charge in [0, 0.05) is 33.2 Å². The van der Waals surface area contributed by atoms with Crippen molar-refractivity contribution in [2.45, 2.75) is 0 Å². The molecule has 308 valence electrons. The Kier molecular flexibility index (Phi) is 8.89. The number of hydrogen-bond donors (Lipinski definition) is 0. The van der Waals surface area contributed by atoms with Gasteiger partial charge in [-0.15, -0.1) is 0 Å². The fraction of sp³-hybridized carbons (Fsp3) is 0. The van der Waals surface area contributed by atoms with Crippen molar-refractivity contribution >= 4 is 82.0 Å². The molecule has 12 aromatic carbocycles. The minimum atomic E-state index is 1.11. The van der Waals surface area contributed by atoms with Gasteiger partial charge in [-0.25, -0.2) is 0 Å². The first-order chi connectivity index (χ1) is 32.7. The average molecular weight is 839 g/mol. The van der Waals surface area contributed by atoms with Gasteiger partial charge in [-0.1, -0.05) is 188 Å². The highest BCUT2D eigenvalue weighted by molar-refractivity contribution is 6.25. The molecule has 0 spiro atoms. The van der Waals surface area contributed by atoms with Crippen LogP contribution in [0, 0.1) is 0 Å². The molecule has 13 rings (SSSR count). The third-order valence-corrected chi connectivity index (χ3v) is 13.6. The molecule has 0 radical (unpaired) electrons. The lowest BCUT2D eigenvalue weighted by Crippen LogP contribution is -2.10. The minimum Gasteiger partial charge on any atom is -0.310 e. The Morgan fingerprint density at radius 1 is 0.242 bits per heavy atom. The molecular weight excluding hydrogens is 797 g/mol. The quantitative estimate of drug-likeness (QED) is 0.145. The third-order valence-electron chi connectivity index (χ3n) is 13.6. The molecule has 1 aromatic heterocycles. The van der Waals surface area contributed by atoms with Gasteiger partial charge >= 0.3 is 0 Å². The molecule has 66 heavy (non-hydrogen) atoms. The first kappa shape index (κ1) is 37.8. The Bertz CT molecular complexity index is 3920. The number of para-hydroxylation sites is 1. The van der Waals surface area contributed by atoms with E-state index in [4.69, 9.17) is 0 Å². The van der Waals surface area contributed by atoms with Crippen molar-refractivity contribution < 1.29 is 0 Å². The number of hydrogen-bond acceptors (Lipinski definition) is 1. The van der Waals surface area contributed by atoms with Crippen LogP contribution in [0.3, 0.4) is 0 Å². The molecule has 0 aliphatic rings. The van der Waals surface area contributed by atoms with Crippen molar-refractivity contribution in [3.63, 3.8) is 0 Å². The molecule has 0 N–H and O–H groups in total. The Morgan fingerprint density at radius 2 is 0.667 bits per heavy atom. The number of aromatic nitrogens is 1. The van der Waals surface area contributed by atoms with Crippen molar-refractivity contribution in [3.8, 4) is 39.1 Å². The van der Waals surface area contributed by atoms with Gasteiger partial charge in [-0.2, -0.15) is 0 Å². The zero-order valence-corrected chi connectivity index (χ0v) is 36.1. The summed E-state index contributed by atoms with van der Waals surface area (Å²) in [5.41, 5.74) is 14.1. The van der Waals surface area contributed by atoms with E-state index < -0.39 is 0 Å². The van der Waals surface area contributed by atoms with E-state index in [1.54, 1.807) is 0 Å². The van der Waals surface area contributed by atoms with E-state index in [0.29, 0.717) is 0 Å². The number of benzene rings is 12. The van der Waals surface area contributed by atoms with E-state index in [-0.39, 0.29) is 0 Å². The van der Waals surface area contributed by atoms with Crippen LogP contribution < -0.4 is 4.90 Å². The highest BCUT2D eigenvalue weighted by Crippen LogP contribution is 2.42. The molecule has 0 atom stereocenters. The van der Waals surface area contributed by atoms with Gasteiger partial charge in [0.2, 0.25) is 0 Å². The van der Waals surface area contributed by atoms with E-state index in [0.717, 1.165) is 22.7 Å². The summed E-state index contributed by atoms with van der Waals surface area (Å²) in [5, 5.41) is 12.7. The first-order valence-corrected chi connectivity index (χ1v) is 22.7. The van der Waals surface area contributed by atoms with Crippen molar-refractivity contribution in [3.05, 3.63) is 255 Å². The molecule has 1 heterocycles. The Balaban J connectivity index is 0.858. The summed E-state index contributed by atoms with van der Waals surface area (Å²) in [5.74, 6) is 0. The second-order valence-electron chi connectivity index (χ2n) is 17.3. The Labute approximate surface area is 383 Å². The van der Waals surface area contributed by atoms with Crippen LogP contribution in [0.25, 0.3) is 104 Å². The third kappa shape index (κ3) is 6.26. The summed E-state index contributed by atoms with van der Waals surface area (Å²) in [7, 11) is 0. The number of fused-ring (bicyclic) bond motifs is 10. The van der Waals surface area contributed by atoms with Gasteiger partial charge < -0.3 is 9.47 Å². The summed E-state index contributed by atoms with van der Waals surface area (Å²) in [6.07, 6.45) is 0. The van der Waals surface area contributed by atoms with Crippen molar-refractivity contribution in [1.29, 1.82) is 0 Å². The van der Waals surface area contributed by atoms with Crippen LogP contribution in [0.2, 0.25) is 0 Å². The summed E-state index contributed by atoms with van der Waals surface area (Å²) in [6.45, 7) is 0. The minimum absolute atomic E-state index is 1.11. The highest BCUT2D eigenvalue weighted by atomic mass is 15.1. The van der Waals surface area contributed by atoms with E-state index in [2.05, 4.69) is 264 Å². The van der Waals surface area contributed by atoms with E-state index in [9.17, 15) is 0 Å². The second kappa shape index (κ2) is 15.5. The lowest BCUT2D eigenvalue weighted by atomic mass is 9.92. The fourth-order valence-electron chi connectivity index (χ4n) is 10.4. The predicted molar refractivity (Wildman–Crippen MR) is 282 cm³/mol. The molecular formula is C64H42N2. The van der Waals surface area contributed by atoms with Gasteiger partial charge in [0.05, 0.1) is 16.7 Å². The van der Waals surface area contributed by atoms with Crippen molar-refractivity contribution in [1.82, 2.24) is 4.57 Å². The molecule has 0 fully saturated rings. The first-order valence-electron chi connectivity index (χ1n) is 22.7. The molecule has 0 saturated heterocycles. The van der Waals surface area contributed by atoms with E-state index in [1.165, 1.54) is 98.3 Å². The molecule has 0 unspecified atom stereocenters. The Morgan fingerprint density at radius 3 is 1.32 bits per heavy atom. The fourth-order valence-corrected chi connectivity index (χ4v) is 10.4. The maximum atomic E-state index is 2.41. The summed E-state index contributed by atoms with van der Waals surface area (Å²) < 4.78 is 2.41. The topological polar surface area (TPSA) is 8.17 Å². The number of rotatable bonds is 7. The van der Waals surface area contributed by atoms with E-state index >= 15 is 0 Å². The molecule has 0 bridgehead atoms. The molecule has 2 nitrogen and oxygen atoms in total. The van der Waals surface area contributed by atoms with Crippen LogP contribution in [0.15, 0.2) is 255 Å². The SMILES string of the molecule is c1ccc(-c2ccc(N(c3ccc(-c4ccc5c(c4)c4ccccc4n5-c4ccc(-c5ccc6c7ccccc7c7ccccc7c6c5)cc4)cc3)c3cccc4ccccc34)cc2)cc1. The molecule has 0 saturated carbocycles. The maximum absolute atomic E-state index is 2.41. The van der Waals surface area contributed by atoms with Crippen LogP contribution in [0.4, 0.5) is 17.1 Å². The lowest BCUT2D eigenvalue weighted by molar-refractivity contribution is 1.18. The largest absolute Gasteiger partial charge is 0.310 e. The van der Waals surface area contributed by atoms with Crippen LogP contribution >= 0.6 is 0 Å². The van der Waals surface area contributed by atoms with Crippen molar-refractivity contribution in [2.75, 3.05) is 4.90 Å². The van der Waals surface area contributed by atoms with E-state index in [1.807, 2.05) is 0 Å². The number of nitrogens with zero attached hydrogens (tertiary/aromatic N) is 2. The summed E-state index contributed by atoms with van der Waals surface area (Å²) in [4.78, 5) is 2.38. The van der Waals surface area contributed by atoms with Crippen LogP contribution in [-0.2, 0) is 0 Å². The molecule has 2 heteroatoms. The normalized spacial score (nSPS) is 11.6. The van der Waals surface area contributed by atoms with Crippen molar-refractivity contribution in [2.24, 2.45) is 0 Å². The van der Waals surface area contributed by atoms with Crippen LogP contribution in [0.5, 0.6) is 0 Å². The van der Waals surface area contributed by atoms with Gasteiger partial charge in [0.25, 0.3) is 0 Å². The lowest BCUT2D eigenvalue weighted by Gasteiger charge is -2.27. The smallest absolute Gasteiger partial charge is 0.0541 e. The average Bonchev–Trinajstić information content (AvgIpc) is 3.73. The van der Waals surface area contributed by atoms with Crippen LogP contribution in [-0.4, -0.2) is 4.57 Å². The van der Waals surface area contributed by atoms with Gasteiger partial charge in [0.1, 0.15) is 0 Å². The zero-order valence-electron chi connectivity index (χ0n) is 36.1. The molecule has 0 amide bonds. The monoisotopic (exact) mass is 838 g/mol. The van der Waals surface area contributed by atoms with Gasteiger partial charge in [0.15, 0.2) is 0 Å². The highest BCUT2D eigenvalue weighted by Gasteiger charge is 2.18. The van der Waals surface area contributed by atoms with Crippen LogP contribution in [0.1, 0.15) is 0 Å². The zero-order chi connectivity index (χ0) is 43.6. The summed E-state index contributed by atoms with van der Waals surface area (Å²) >= 11 is 0. The number of anilines is 3. The Hall–Kier alpha value is -8.72. The molecule has 13 aromatic rings. The standard InChI is InChI=1S/C64H42N2/c1-2-13-43(14-3-1)44-25-33-50(34-26-44)65(62-24-12-16-47-15-4-5-17-53(47)62)51-35-27-46(28-36-51)49-32-40-64-61(42-49)59-22-10-11-23-63(59)66(64)52-37-29-45(30-38-52)48-31-39-58-56-20-7-6-18-54(56)55-19-8-9-21-57(55)60(58)41-48/h1-42H. The molecule has 0 aliphatic carbocycles. The predicted octanol–water partition coefficient (Wildman–Crippen LogP) is 17.9. The molecule has 0 aliphatic heterocycles. The maximum Gasteiger partial charge on any atom is 0.0541 e. The van der Waals surface area contributed by atoms with Gasteiger partial charge in [-0.05, 0) is 138 Å². The summed E-state index contributed by atoms with van der Waals surface area (Å²) in [6, 6.07) is 93.1.